The molecule has 0 spiro atoms. The summed E-state index contributed by atoms with van der Waals surface area (Å²) in [5.41, 5.74) is -0.450. The Balaban J connectivity index is 1.96. The van der Waals surface area contributed by atoms with Crippen LogP contribution in [0.5, 0.6) is 0 Å². The van der Waals surface area contributed by atoms with E-state index in [0.29, 0.717) is 19.6 Å². The Morgan fingerprint density at radius 3 is 2.24 bits per heavy atom. The third-order valence-electron chi connectivity index (χ3n) is 3.73. The minimum atomic E-state index is -0.435. The highest BCUT2D eigenvalue weighted by molar-refractivity contribution is 4.97. The summed E-state index contributed by atoms with van der Waals surface area (Å²) in [7, 11) is 0. The summed E-state index contributed by atoms with van der Waals surface area (Å²) in [5, 5.41) is 10.3. The van der Waals surface area contributed by atoms with Crippen LogP contribution in [0.4, 0.5) is 0 Å². The van der Waals surface area contributed by atoms with Crippen LogP contribution in [-0.2, 0) is 14.2 Å². The molecule has 0 radical (unpaired) electrons. The summed E-state index contributed by atoms with van der Waals surface area (Å²) in [6.45, 7) is 9.51. The summed E-state index contributed by atoms with van der Waals surface area (Å²) >= 11 is 0. The molecule has 2 atom stereocenters. The molecular formula is C13H24O4. The molecule has 2 fully saturated rings. The molecule has 2 aliphatic heterocycles. The molecule has 4 nitrogen and oxygen atoms in total. The standard InChI is InChI=1S/C13H24O4/c1-12(2)8-9(13(3,4)17-12)10(14)7-11-15-5-6-16-11/h9-11,14H,5-8H2,1-4H3. The van der Waals surface area contributed by atoms with Crippen molar-refractivity contribution in [1.29, 1.82) is 0 Å². The van der Waals surface area contributed by atoms with Gasteiger partial charge >= 0.3 is 0 Å². The molecule has 2 unspecified atom stereocenters. The van der Waals surface area contributed by atoms with Crippen LogP contribution >= 0.6 is 0 Å². The van der Waals surface area contributed by atoms with Gasteiger partial charge in [-0.3, -0.25) is 0 Å². The average molecular weight is 244 g/mol. The maximum absolute atomic E-state index is 10.3. The second kappa shape index (κ2) is 4.50. The van der Waals surface area contributed by atoms with Crippen molar-refractivity contribution in [3.8, 4) is 0 Å². The van der Waals surface area contributed by atoms with Gasteiger partial charge in [0.15, 0.2) is 6.29 Å². The molecule has 17 heavy (non-hydrogen) atoms. The van der Waals surface area contributed by atoms with Crippen molar-refractivity contribution >= 4 is 0 Å². The summed E-state index contributed by atoms with van der Waals surface area (Å²) in [6.07, 6.45) is 0.723. The van der Waals surface area contributed by atoms with Crippen LogP contribution in [0, 0.1) is 5.92 Å². The molecule has 2 heterocycles. The predicted molar refractivity (Wildman–Crippen MR) is 63.7 cm³/mol. The van der Waals surface area contributed by atoms with Gasteiger partial charge in [0.25, 0.3) is 0 Å². The normalized spacial score (nSPS) is 34.1. The molecule has 0 aromatic heterocycles. The van der Waals surface area contributed by atoms with Gasteiger partial charge in [0.1, 0.15) is 0 Å². The summed E-state index contributed by atoms with van der Waals surface area (Å²) < 4.78 is 16.8. The number of aliphatic hydroxyl groups excluding tert-OH is 1. The lowest BCUT2D eigenvalue weighted by Crippen LogP contribution is -2.38. The number of hydrogen-bond acceptors (Lipinski definition) is 4. The first-order valence-corrected chi connectivity index (χ1v) is 6.42. The molecule has 0 aromatic rings. The van der Waals surface area contributed by atoms with Crippen molar-refractivity contribution < 1.29 is 19.3 Å². The van der Waals surface area contributed by atoms with Gasteiger partial charge in [-0.25, -0.2) is 0 Å². The van der Waals surface area contributed by atoms with E-state index in [1.54, 1.807) is 0 Å². The van der Waals surface area contributed by atoms with Gasteiger partial charge in [0.2, 0.25) is 0 Å². The quantitative estimate of drug-likeness (QED) is 0.821. The number of rotatable bonds is 3. The molecule has 2 rings (SSSR count). The smallest absolute Gasteiger partial charge is 0.160 e. The van der Waals surface area contributed by atoms with Crippen molar-refractivity contribution in [2.75, 3.05) is 13.2 Å². The van der Waals surface area contributed by atoms with Crippen LogP contribution in [0.3, 0.4) is 0 Å². The van der Waals surface area contributed by atoms with E-state index < -0.39 is 6.10 Å². The molecule has 2 aliphatic rings. The molecule has 0 saturated carbocycles. The summed E-state index contributed by atoms with van der Waals surface area (Å²) in [5.74, 6) is 0.130. The Hall–Kier alpha value is -0.160. The summed E-state index contributed by atoms with van der Waals surface area (Å²) in [4.78, 5) is 0. The lowest BCUT2D eigenvalue weighted by Gasteiger charge is -2.31. The lowest BCUT2D eigenvalue weighted by molar-refractivity contribution is -0.109. The molecule has 0 aliphatic carbocycles. The van der Waals surface area contributed by atoms with E-state index in [-0.39, 0.29) is 23.4 Å². The number of aliphatic hydroxyl groups is 1. The molecular weight excluding hydrogens is 220 g/mol. The van der Waals surface area contributed by atoms with Gasteiger partial charge < -0.3 is 19.3 Å². The van der Waals surface area contributed by atoms with E-state index in [2.05, 4.69) is 13.8 Å². The second-order valence-corrected chi connectivity index (χ2v) is 6.25. The Morgan fingerprint density at radius 1 is 1.18 bits per heavy atom. The number of ether oxygens (including phenoxy) is 3. The van der Waals surface area contributed by atoms with Gasteiger partial charge in [0.05, 0.1) is 30.5 Å². The van der Waals surface area contributed by atoms with Crippen LogP contribution in [0.15, 0.2) is 0 Å². The van der Waals surface area contributed by atoms with Crippen LogP contribution < -0.4 is 0 Å². The van der Waals surface area contributed by atoms with Crippen LogP contribution in [0.25, 0.3) is 0 Å². The molecule has 0 bridgehead atoms. The fraction of sp³-hybridized carbons (Fsp3) is 1.00. The Bertz CT molecular complexity index is 269. The van der Waals surface area contributed by atoms with Crippen LogP contribution in [0.2, 0.25) is 0 Å². The van der Waals surface area contributed by atoms with Gasteiger partial charge in [-0.2, -0.15) is 0 Å². The van der Waals surface area contributed by atoms with Crippen molar-refractivity contribution in [3.05, 3.63) is 0 Å². The zero-order chi connectivity index (χ0) is 12.7. The molecule has 2 saturated heterocycles. The van der Waals surface area contributed by atoms with Crippen LogP contribution in [0.1, 0.15) is 40.5 Å². The van der Waals surface area contributed by atoms with Gasteiger partial charge in [0, 0.05) is 12.3 Å². The zero-order valence-corrected chi connectivity index (χ0v) is 11.2. The van der Waals surface area contributed by atoms with E-state index in [1.807, 2.05) is 13.8 Å². The van der Waals surface area contributed by atoms with E-state index >= 15 is 0 Å². The van der Waals surface area contributed by atoms with Crippen LogP contribution in [-0.4, -0.2) is 41.9 Å². The SMILES string of the molecule is CC1(C)CC(C(O)CC2OCCO2)C(C)(C)O1. The zero-order valence-electron chi connectivity index (χ0n) is 11.2. The Kier molecular flexibility index (Phi) is 3.51. The van der Waals surface area contributed by atoms with Crippen molar-refractivity contribution in [3.63, 3.8) is 0 Å². The highest BCUT2D eigenvalue weighted by atomic mass is 16.7. The third kappa shape index (κ3) is 2.99. The minimum Gasteiger partial charge on any atom is -0.393 e. The molecule has 100 valence electrons. The van der Waals surface area contributed by atoms with E-state index in [0.717, 1.165) is 6.42 Å². The highest BCUT2D eigenvalue weighted by Crippen LogP contribution is 2.44. The highest BCUT2D eigenvalue weighted by Gasteiger charge is 2.49. The van der Waals surface area contributed by atoms with E-state index in [4.69, 9.17) is 14.2 Å². The van der Waals surface area contributed by atoms with Crippen molar-refractivity contribution in [2.24, 2.45) is 5.92 Å². The van der Waals surface area contributed by atoms with E-state index in [9.17, 15) is 5.11 Å². The van der Waals surface area contributed by atoms with Crippen molar-refractivity contribution in [2.45, 2.75) is 64.1 Å². The topological polar surface area (TPSA) is 47.9 Å². The fourth-order valence-electron chi connectivity index (χ4n) is 3.11. The third-order valence-corrected chi connectivity index (χ3v) is 3.73. The fourth-order valence-corrected chi connectivity index (χ4v) is 3.11. The minimum absolute atomic E-state index is 0.130. The maximum atomic E-state index is 10.3. The van der Waals surface area contributed by atoms with E-state index in [1.165, 1.54) is 0 Å². The maximum Gasteiger partial charge on any atom is 0.160 e. The Labute approximate surface area is 103 Å². The number of hydrogen-bond donors (Lipinski definition) is 1. The first-order chi connectivity index (χ1) is 7.80. The monoisotopic (exact) mass is 244 g/mol. The predicted octanol–water partition coefficient (Wildman–Crippen LogP) is 1.70. The first-order valence-electron chi connectivity index (χ1n) is 6.42. The molecule has 0 amide bonds. The van der Waals surface area contributed by atoms with Crippen molar-refractivity contribution in [1.82, 2.24) is 0 Å². The first kappa shape index (κ1) is 13.3. The van der Waals surface area contributed by atoms with Gasteiger partial charge in [-0.05, 0) is 34.1 Å². The largest absolute Gasteiger partial charge is 0.393 e. The second-order valence-electron chi connectivity index (χ2n) is 6.25. The average Bonchev–Trinajstić information content (AvgIpc) is 2.71. The molecule has 0 aromatic carbocycles. The lowest BCUT2D eigenvalue weighted by atomic mass is 9.82. The van der Waals surface area contributed by atoms with Gasteiger partial charge in [-0.1, -0.05) is 0 Å². The Morgan fingerprint density at radius 2 is 1.76 bits per heavy atom. The molecule has 1 N–H and O–H groups in total. The van der Waals surface area contributed by atoms with Gasteiger partial charge in [-0.15, -0.1) is 0 Å². The molecule has 4 heteroatoms. The summed E-state index contributed by atoms with van der Waals surface area (Å²) in [6, 6.07) is 0.